The van der Waals surface area contributed by atoms with Crippen LogP contribution in [0.15, 0.2) is 28.7 Å². The third-order valence-electron chi connectivity index (χ3n) is 2.02. The minimum absolute atomic E-state index is 0.0112. The fraction of sp³-hybridized carbons (Fsp3) is 0.182. The summed E-state index contributed by atoms with van der Waals surface area (Å²) >= 11 is 2.17. The van der Waals surface area contributed by atoms with Crippen LogP contribution in [-0.2, 0) is 16.1 Å². The number of aliphatic carboxylic acids is 1. The molecule has 1 aromatic heterocycles. The molecule has 94 valence electrons. The Labute approximate surface area is 116 Å². The summed E-state index contributed by atoms with van der Waals surface area (Å²) in [6.45, 7) is -0.400. The normalized spacial score (nSPS) is 10.5. The zero-order valence-corrected chi connectivity index (χ0v) is 11.3. The van der Waals surface area contributed by atoms with E-state index in [1.165, 1.54) is 0 Å². The quantitative estimate of drug-likeness (QED) is 0.821. The van der Waals surface area contributed by atoms with Gasteiger partial charge in [0.2, 0.25) is 11.8 Å². The van der Waals surface area contributed by atoms with E-state index in [9.17, 15) is 4.79 Å². The van der Waals surface area contributed by atoms with Crippen LogP contribution in [0.5, 0.6) is 0 Å². The maximum atomic E-state index is 10.3. The van der Waals surface area contributed by atoms with Crippen LogP contribution in [0.1, 0.15) is 5.89 Å². The summed E-state index contributed by atoms with van der Waals surface area (Å²) in [4.78, 5) is 10.3. The second-order valence-electron chi connectivity index (χ2n) is 3.37. The van der Waals surface area contributed by atoms with Gasteiger partial charge in [-0.25, -0.2) is 4.79 Å². The monoisotopic (exact) mass is 360 g/mol. The summed E-state index contributed by atoms with van der Waals surface area (Å²) in [5, 5.41) is 16.1. The van der Waals surface area contributed by atoms with Crippen LogP contribution >= 0.6 is 22.6 Å². The maximum absolute atomic E-state index is 10.3. The summed E-state index contributed by atoms with van der Waals surface area (Å²) in [5.74, 6) is -0.382. The average molecular weight is 360 g/mol. The highest BCUT2D eigenvalue weighted by atomic mass is 127. The highest BCUT2D eigenvalue weighted by Gasteiger charge is 2.11. The number of benzene rings is 1. The fourth-order valence-electron chi connectivity index (χ4n) is 1.28. The number of carboxylic acid groups (broad SMARTS) is 1. The van der Waals surface area contributed by atoms with Gasteiger partial charge in [0, 0.05) is 3.57 Å². The molecule has 1 heterocycles. The molecular weight excluding hydrogens is 351 g/mol. The van der Waals surface area contributed by atoms with Crippen molar-refractivity contribution < 1.29 is 19.1 Å². The van der Waals surface area contributed by atoms with E-state index in [-0.39, 0.29) is 19.1 Å². The Morgan fingerprint density at radius 1 is 1.39 bits per heavy atom. The van der Waals surface area contributed by atoms with Gasteiger partial charge in [-0.05, 0) is 34.7 Å². The van der Waals surface area contributed by atoms with E-state index >= 15 is 0 Å². The first-order valence-corrected chi connectivity index (χ1v) is 6.11. The lowest BCUT2D eigenvalue weighted by Crippen LogP contribution is -2.06. The minimum atomic E-state index is -1.03. The molecule has 7 heteroatoms. The van der Waals surface area contributed by atoms with Gasteiger partial charge in [-0.15, -0.1) is 10.2 Å². The molecule has 0 saturated carbocycles. The predicted octanol–water partition coefficient (Wildman–Crippen LogP) is 1.94. The summed E-state index contributed by atoms with van der Waals surface area (Å²) in [5.41, 5.74) is 0.843. The van der Waals surface area contributed by atoms with Crippen LogP contribution < -0.4 is 0 Å². The molecule has 0 spiro atoms. The molecule has 0 unspecified atom stereocenters. The van der Waals surface area contributed by atoms with E-state index in [0.717, 1.165) is 9.13 Å². The van der Waals surface area contributed by atoms with E-state index in [4.69, 9.17) is 14.3 Å². The molecule has 0 bridgehead atoms. The molecule has 0 aliphatic heterocycles. The zero-order chi connectivity index (χ0) is 13.0. The van der Waals surface area contributed by atoms with Crippen LogP contribution in [0, 0.1) is 3.57 Å². The van der Waals surface area contributed by atoms with E-state index in [2.05, 4.69) is 32.8 Å². The molecule has 0 atom stereocenters. The SMILES string of the molecule is O=C(O)COCc1nnc(-c2ccccc2I)o1. The lowest BCUT2D eigenvalue weighted by Gasteiger charge is -1.97. The molecule has 6 nitrogen and oxygen atoms in total. The topological polar surface area (TPSA) is 85.5 Å². The molecule has 18 heavy (non-hydrogen) atoms. The number of rotatable bonds is 5. The van der Waals surface area contributed by atoms with Crippen molar-refractivity contribution in [2.45, 2.75) is 6.61 Å². The zero-order valence-electron chi connectivity index (χ0n) is 9.17. The molecule has 0 aliphatic rings. The van der Waals surface area contributed by atoms with Crippen LogP contribution in [0.4, 0.5) is 0 Å². The van der Waals surface area contributed by atoms with Crippen molar-refractivity contribution in [1.29, 1.82) is 0 Å². The van der Waals surface area contributed by atoms with Crippen molar-refractivity contribution in [3.8, 4) is 11.5 Å². The van der Waals surface area contributed by atoms with Gasteiger partial charge in [0.1, 0.15) is 13.2 Å². The van der Waals surface area contributed by atoms with Gasteiger partial charge in [0.25, 0.3) is 0 Å². The Hall–Kier alpha value is -1.48. The molecule has 2 aromatic rings. The third kappa shape index (κ3) is 3.26. The average Bonchev–Trinajstić information content (AvgIpc) is 2.78. The summed E-state index contributed by atoms with van der Waals surface area (Å²) < 4.78 is 11.2. The number of aromatic nitrogens is 2. The van der Waals surface area contributed by atoms with E-state index in [1.54, 1.807) is 0 Å². The van der Waals surface area contributed by atoms with Gasteiger partial charge >= 0.3 is 5.97 Å². The molecule has 1 aromatic carbocycles. The van der Waals surface area contributed by atoms with Crippen molar-refractivity contribution in [3.63, 3.8) is 0 Å². The predicted molar refractivity (Wildman–Crippen MR) is 69.7 cm³/mol. The number of carbonyl (C=O) groups is 1. The van der Waals surface area contributed by atoms with Crippen LogP contribution in [-0.4, -0.2) is 27.9 Å². The number of ether oxygens (including phenoxy) is 1. The first kappa shape index (κ1) is 13.0. The lowest BCUT2D eigenvalue weighted by molar-refractivity contribution is -0.142. The molecule has 0 saturated heterocycles. The smallest absolute Gasteiger partial charge is 0.329 e. The number of carboxylic acids is 1. The number of nitrogens with zero attached hydrogens (tertiary/aromatic N) is 2. The van der Waals surface area contributed by atoms with Crippen LogP contribution in [0.2, 0.25) is 0 Å². The fourth-order valence-corrected chi connectivity index (χ4v) is 1.90. The standard InChI is InChI=1S/C11H9IN2O4/c12-8-4-2-1-3-7(8)11-14-13-9(18-11)5-17-6-10(15)16/h1-4H,5-6H2,(H,15,16). The minimum Gasteiger partial charge on any atom is -0.480 e. The molecule has 0 fully saturated rings. The molecule has 0 amide bonds. The number of hydrogen-bond donors (Lipinski definition) is 1. The maximum Gasteiger partial charge on any atom is 0.329 e. The largest absolute Gasteiger partial charge is 0.480 e. The number of halogens is 1. The first-order chi connectivity index (χ1) is 8.66. The van der Waals surface area contributed by atoms with Gasteiger partial charge < -0.3 is 14.3 Å². The van der Waals surface area contributed by atoms with Gasteiger partial charge in [-0.2, -0.15) is 0 Å². The van der Waals surface area contributed by atoms with Crippen molar-refractivity contribution in [2.75, 3.05) is 6.61 Å². The number of hydrogen-bond acceptors (Lipinski definition) is 5. The second-order valence-corrected chi connectivity index (χ2v) is 4.53. The van der Waals surface area contributed by atoms with Gasteiger partial charge in [-0.1, -0.05) is 12.1 Å². The molecule has 2 rings (SSSR count). The molecule has 0 aliphatic carbocycles. The van der Waals surface area contributed by atoms with Crippen LogP contribution in [0.3, 0.4) is 0 Å². The highest BCUT2D eigenvalue weighted by molar-refractivity contribution is 14.1. The molecular formula is C11H9IN2O4. The van der Waals surface area contributed by atoms with Crippen LogP contribution in [0.25, 0.3) is 11.5 Å². The van der Waals surface area contributed by atoms with Gasteiger partial charge in [-0.3, -0.25) is 0 Å². The van der Waals surface area contributed by atoms with Crippen molar-refractivity contribution in [2.24, 2.45) is 0 Å². The van der Waals surface area contributed by atoms with Crippen molar-refractivity contribution >= 4 is 28.6 Å². The summed E-state index contributed by atoms with van der Waals surface area (Å²) in [7, 11) is 0. The van der Waals surface area contributed by atoms with Crippen molar-refractivity contribution in [1.82, 2.24) is 10.2 Å². The van der Waals surface area contributed by atoms with Gasteiger partial charge in [0.05, 0.1) is 5.56 Å². The summed E-state index contributed by atoms with van der Waals surface area (Å²) in [6.07, 6.45) is 0. The molecule has 0 radical (unpaired) electrons. The van der Waals surface area contributed by atoms with E-state index in [1.807, 2.05) is 24.3 Å². The Morgan fingerprint density at radius 2 is 2.17 bits per heavy atom. The first-order valence-electron chi connectivity index (χ1n) is 5.03. The Kier molecular flexibility index (Phi) is 4.26. The Bertz CT molecular complexity index is 555. The Morgan fingerprint density at radius 3 is 2.89 bits per heavy atom. The van der Waals surface area contributed by atoms with E-state index in [0.29, 0.717) is 5.89 Å². The third-order valence-corrected chi connectivity index (χ3v) is 2.96. The molecule has 1 N–H and O–H groups in total. The Balaban J connectivity index is 2.06. The second kappa shape index (κ2) is 5.91. The van der Waals surface area contributed by atoms with Gasteiger partial charge in [0.15, 0.2) is 0 Å². The highest BCUT2D eigenvalue weighted by Crippen LogP contribution is 2.23. The summed E-state index contributed by atoms with van der Waals surface area (Å²) in [6, 6.07) is 7.60. The lowest BCUT2D eigenvalue weighted by atomic mass is 10.2. The van der Waals surface area contributed by atoms with E-state index < -0.39 is 5.97 Å². The van der Waals surface area contributed by atoms with Crippen molar-refractivity contribution in [3.05, 3.63) is 33.7 Å².